The van der Waals surface area contributed by atoms with Gasteiger partial charge in [-0.1, -0.05) is 23.2 Å². The van der Waals surface area contributed by atoms with Crippen LogP contribution in [-0.2, 0) is 0 Å². The average molecular weight is 214 g/mol. The van der Waals surface area contributed by atoms with E-state index in [2.05, 4.69) is 0 Å². The van der Waals surface area contributed by atoms with Crippen LogP contribution in [0.2, 0.25) is 10.0 Å². The number of halogens is 3. The molecule has 0 radical (unpaired) electrons. The predicted octanol–water partition coefficient (Wildman–Crippen LogP) is 2.70. The van der Waals surface area contributed by atoms with Crippen LogP contribution in [0.15, 0.2) is 12.1 Å². The summed E-state index contributed by atoms with van der Waals surface area (Å²) in [7, 11) is 0. The van der Waals surface area contributed by atoms with Crippen molar-refractivity contribution >= 4 is 41.3 Å². The fraction of sp³-hybridized carbons (Fsp3) is 0. The normalized spacial score (nSPS) is 8.91. The summed E-state index contributed by atoms with van der Waals surface area (Å²) in [5.74, 6) is -0.164. The van der Waals surface area contributed by atoms with Gasteiger partial charge in [0, 0.05) is 0 Å². The first-order chi connectivity index (χ1) is 4.63. The molecule has 1 aromatic carbocycles. The molecule has 0 aliphatic heterocycles. The van der Waals surface area contributed by atoms with Crippen LogP contribution < -0.4 is 5.73 Å². The Hall–Kier alpha value is -0.310. The molecular formula is C6H6Cl3NO. The number of hydrogen-bond acceptors (Lipinski definition) is 2. The van der Waals surface area contributed by atoms with Crippen molar-refractivity contribution in [3.63, 3.8) is 0 Å². The number of nitrogens with two attached hydrogens (primary N) is 1. The molecular weight excluding hydrogens is 208 g/mol. The van der Waals surface area contributed by atoms with Gasteiger partial charge in [-0.05, 0) is 12.1 Å². The summed E-state index contributed by atoms with van der Waals surface area (Å²) in [5.41, 5.74) is 5.66. The number of aromatic hydroxyl groups is 1. The Morgan fingerprint density at radius 3 is 2.27 bits per heavy atom. The molecule has 0 heterocycles. The van der Waals surface area contributed by atoms with E-state index in [0.29, 0.717) is 5.69 Å². The molecule has 1 rings (SSSR count). The van der Waals surface area contributed by atoms with E-state index in [1.807, 2.05) is 0 Å². The third-order valence-corrected chi connectivity index (χ3v) is 1.80. The van der Waals surface area contributed by atoms with Gasteiger partial charge >= 0.3 is 0 Å². The highest BCUT2D eigenvalue weighted by atomic mass is 35.5. The third kappa shape index (κ3) is 2.06. The van der Waals surface area contributed by atoms with E-state index in [1.165, 1.54) is 12.1 Å². The fourth-order valence-corrected chi connectivity index (χ4v) is 0.927. The summed E-state index contributed by atoms with van der Waals surface area (Å²) in [6.07, 6.45) is 0. The van der Waals surface area contributed by atoms with Crippen molar-refractivity contribution in [1.29, 1.82) is 0 Å². The second kappa shape index (κ2) is 3.90. The molecule has 0 aliphatic carbocycles. The Bertz CT molecular complexity index is 237. The van der Waals surface area contributed by atoms with Crippen LogP contribution in [0.1, 0.15) is 0 Å². The minimum Gasteiger partial charge on any atom is -0.505 e. The zero-order valence-electron chi connectivity index (χ0n) is 5.34. The van der Waals surface area contributed by atoms with Crippen molar-refractivity contribution < 1.29 is 5.11 Å². The predicted molar refractivity (Wildman–Crippen MR) is 49.8 cm³/mol. The van der Waals surface area contributed by atoms with Gasteiger partial charge in [0.05, 0.1) is 10.7 Å². The van der Waals surface area contributed by atoms with Gasteiger partial charge in [-0.3, -0.25) is 0 Å². The molecule has 0 unspecified atom stereocenters. The molecule has 2 nitrogen and oxygen atoms in total. The maximum atomic E-state index is 9.04. The first-order valence-corrected chi connectivity index (χ1v) is 3.31. The summed E-state index contributed by atoms with van der Waals surface area (Å²) >= 11 is 11.0. The fourth-order valence-electron chi connectivity index (χ4n) is 0.557. The molecule has 0 aromatic heterocycles. The van der Waals surface area contributed by atoms with E-state index in [9.17, 15) is 0 Å². The topological polar surface area (TPSA) is 46.2 Å². The quantitative estimate of drug-likeness (QED) is 0.652. The van der Waals surface area contributed by atoms with Crippen LogP contribution in [0.4, 0.5) is 5.69 Å². The average Bonchev–Trinajstić information content (AvgIpc) is 1.93. The maximum absolute atomic E-state index is 9.04. The van der Waals surface area contributed by atoms with Crippen molar-refractivity contribution in [2.24, 2.45) is 0 Å². The highest BCUT2D eigenvalue weighted by Gasteiger charge is 2.05. The second-order valence-electron chi connectivity index (χ2n) is 1.80. The zero-order valence-corrected chi connectivity index (χ0v) is 7.67. The van der Waals surface area contributed by atoms with Crippen molar-refractivity contribution in [2.45, 2.75) is 0 Å². The molecule has 62 valence electrons. The molecule has 0 atom stereocenters. The molecule has 11 heavy (non-hydrogen) atoms. The maximum Gasteiger partial charge on any atom is 0.154 e. The van der Waals surface area contributed by atoms with E-state index in [-0.39, 0.29) is 28.2 Å². The summed E-state index contributed by atoms with van der Waals surface area (Å²) in [6, 6.07) is 3.02. The van der Waals surface area contributed by atoms with Crippen LogP contribution in [-0.4, -0.2) is 5.11 Å². The number of hydrogen-bond donors (Lipinski definition) is 2. The number of nitrogen functional groups attached to an aromatic ring is 1. The standard InChI is InChI=1S/C6H5Cl2NO.ClH/c7-3-1-2-4(9)5(8)6(3)10;/h1-2,10H,9H2;1H. The molecule has 0 saturated heterocycles. The van der Waals surface area contributed by atoms with Gasteiger partial charge in [-0.15, -0.1) is 12.4 Å². The van der Waals surface area contributed by atoms with Gasteiger partial charge in [-0.2, -0.15) is 0 Å². The molecule has 0 amide bonds. The van der Waals surface area contributed by atoms with Crippen LogP contribution >= 0.6 is 35.6 Å². The number of phenols is 1. The van der Waals surface area contributed by atoms with E-state index >= 15 is 0 Å². The molecule has 0 aliphatic rings. The Labute approximate surface area is 80.3 Å². The summed E-state index contributed by atoms with van der Waals surface area (Å²) in [5, 5.41) is 9.36. The lowest BCUT2D eigenvalue weighted by atomic mass is 10.3. The Morgan fingerprint density at radius 2 is 1.82 bits per heavy atom. The molecule has 1 aromatic rings. The van der Waals surface area contributed by atoms with Gasteiger partial charge in [0.1, 0.15) is 5.02 Å². The Kier molecular flexibility index (Phi) is 3.79. The summed E-state index contributed by atoms with van der Waals surface area (Å²) in [6.45, 7) is 0. The molecule has 0 spiro atoms. The number of phenolic OH excluding ortho intramolecular Hbond substituents is 1. The highest BCUT2D eigenvalue weighted by Crippen LogP contribution is 2.35. The van der Waals surface area contributed by atoms with Crippen molar-refractivity contribution in [2.75, 3.05) is 5.73 Å². The smallest absolute Gasteiger partial charge is 0.154 e. The first kappa shape index (κ1) is 10.7. The van der Waals surface area contributed by atoms with Crippen LogP contribution in [0, 0.1) is 0 Å². The van der Waals surface area contributed by atoms with E-state index in [1.54, 1.807) is 0 Å². The summed E-state index contributed by atoms with van der Waals surface area (Å²) in [4.78, 5) is 0. The number of benzene rings is 1. The SMILES string of the molecule is Cl.Nc1ccc(Cl)c(O)c1Cl. The lowest BCUT2D eigenvalue weighted by Gasteiger charge is -2.00. The lowest BCUT2D eigenvalue weighted by Crippen LogP contribution is -1.85. The van der Waals surface area contributed by atoms with Crippen molar-refractivity contribution in [3.8, 4) is 5.75 Å². The summed E-state index contributed by atoms with van der Waals surface area (Å²) < 4.78 is 0. The van der Waals surface area contributed by atoms with E-state index in [4.69, 9.17) is 34.0 Å². The van der Waals surface area contributed by atoms with Gasteiger partial charge in [-0.25, -0.2) is 0 Å². The van der Waals surface area contributed by atoms with Gasteiger partial charge in [0.2, 0.25) is 0 Å². The molecule has 5 heteroatoms. The highest BCUT2D eigenvalue weighted by molar-refractivity contribution is 6.38. The first-order valence-electron chi connectivity index (χ1n) is 2.55. The van der Waals surface area contributed by atoms with E-state index in [0.717, 1.165) is 0 Å². The Balaban J connectivity index is 0.000001000. The largest absolute Gasteiger partial charge is 0.505 e. The number of anilines is 1. The monoisotopic (exact) mass is 213 g/mol. The van der Waals surface area contributed by atoms with E-state index < -0.39 is 0 Å². The second-order valence-corrected chi connectivity index (χ2v) is 2.58. The van der Waals surface area contributed by atoms with Gasteiger partial charge in [0.15, 0.2) is 5.75 Å². The molecule has 0 fully saturated rings. The zero-order chi connectivity index (χ0) is 7.72. The van der Waals surface area contributed by atoms with Gasteiger partial charge < -0.3 is 10.8 Å². The molecule has 0 saturated carbocycles. The van der Waals surface area contributed by atoms with Crippen molar-refractivity contribution in [3.05, 3.63) is 22.2 Å². The van der Waals surface area contributed by atoms with Crippen LogP contribution in [0.3, 0.4) is 0 Å². The lowest BCUT2D eigenvalue weighted by molar-refractivity contribution is 0.476. The minimum atomic E-state index is -0.164. The molecule has 0 bridgehead atoms. The molecule has 3 N–H and O–H groups in total. The third-order valence-electron chi connectivity index (χ3n) is 1.10. The minimum absolute atomic E-state index is 0. The van der Waals surface area contributed by atoms with Crippen LogP contribution in [0.5, 0.6) is 5.75 Å². The van der Waals surface area contributed by atoms with Crippen LogP contribution in [0.25, 0.3) is 0 Å². The Morgan fingerprint density at radius 1 is 1.27 bits per heavy atom. The number of rotatable bonds is 0. The van der Waals surface area contributed by atoms with Crippen molar-refractivity contribution in [1.82, 2.24) is 0 Å². The van der Waals surface area contributed by atoms with Gasteiger partial charge in [0.25, 0.3) is 0 Å².